The van der Waals surface area contributed by atoms with Crippen LogP contribution in [0.25, 0.3) is 0 Å². The maximum atomic E-state index is 4.89. The zero-order valence-electron chi connectivity index (χ0n) is 9.72. The monoisotopic (exact) mass is 280 g/mol. The van der Waals surface area contributed by atoms with E-state index in [4.69, 9.17) is 18.6 Å². The molecule has 0 N–H and O–H groups in total. The van der Waals surface area contributed by atoms with Crippen molar-refractivity contribution in [1.82, 2.24) is 0 Å². The number of rotatable bonds is 2. The normalized spacial score (nSPS) is 9.87. The van der Waals surface area contributed by atoms with Crippen molar-refractivity contribution in [3.8, 4) is 0 Å². The van der Waals surface area contributed by atoms with Crippen LogP contribution in [0.3, 0.4) is 0 Å². The van der Waals surface area contributed by atoms with Gasteiger partial charge in [0, 0.05) is 0 Å². The molecule has 15 heavy (non-hydrogen) atoms. The third kappa shape index (κ3) is 6.63. The first kappa shape index (κ1) is 15.5. The molecule has 0 heterocycles. The maximum absolute atomic E-state index is 4.89. The van der Waals surface area contributed by atoms with Crippen LogP contribution in [-0.4, -0.2) is 0 Å². The Labute approximate surface area is 110 Å². The van der Waals surface area contributed by atoms with Crippen molar-refractivity contribution < 1.29 is 17.0 Å². The third-order valence-corrected chi connectivity index (χ3v) is 2.24. The number of hydrogen-bond acceptors (Lipinski definition) is 0. The van der Waals surface area contributed by atoms with Crippen LogP contribution in [0, 0.1) is 0 Å². The van der Waals surface area contributed by atoms with E-state index in [0.717, 1.165) is 0 Å². The van der Waals surface area contributed by atoms with Gasteiger partial charge in [0.15, 0.2) is 0 Å². The Kier molecular flexibility index (Phi) is 8.94. The van der Waals surface area contributed by atoms with E-state index in [-0.39, 0.29) is 0 Å². The zero-order chi connectivity index (χ0) is 11.8. The molecule has 0 atom stereocenters. The quantitative estimate of drug-likeness (QED) is 0.644. The molecule has 0 unspecified atom stereocenters. The molecule has 0 saturated heterocycles. The first-order valence-corrected chi connectivity index (χ1v) is 9.38. The molecule has 0 saturated carbocycles. The van der Waals surface area contributed by atoms with E-state index in [1.807, 2.05) is 0 Å². The van der Waals surface area contributed by atoms with Crippen LogP contribution in [0.1, 0.15) is 50.7 Å². The summed E-state index contributed by atoms with van der Waals surface area (Å²) in [6, 6.07) is 8.88. The van der Waals surface area contributed by atoms with Crippen LogP contribution < -0.4 is 0 Å². The topological polar surface area (TPSA) is 0 Å². The summed E-state index contributed by atoms with van der Waals surface area (Å²) in [5, 5.41) is 0. The van der Waals surface area contributed by atoms with Crippen molar-refractivity contribution in [2.45, 2.75) is 39.5 Å². The molecule has 0 aromatic heterocycles. The minimum atomic E-state index is -0.556. The molecule has 3 heteroatoms. The predicted octanol–water partition coefficient (Wildman–Crippen LogP) is 5.31. The molecule has 0 aliphatic heterocycles. The van der Waals surface area contributed by atoms with Crippen molar-refractivity contribution in [2.24, 2.45) is 0 Å². The third-order valence-electron chi connectivity index (χ3n) is 2.24. The molecule has 0 spiro atoms. The number of benzene rings is 1. The minimum absolute atomic E-state index is 0.556. The molecule has 0 amide bonds. The zero-order valence-corrected chi connectivity index (χ0v) is 12.8. The van der Waals surface area contributed by atoms with E-state index in [1.165, 1.54) is 11.1 Å². The summed E-state index contributed by atoms with van der Waals surface area (Å²) in [6.45, 7) is 8.94. The molecule has 0 fully saturated rings. The fourth-order valence-electron chi connectivity index (χ4n) is 1.28. The van der Waals surface area contributed by atoms with E-state index in [9.17, 15) is 0 Å². The van der Waals surface area contributed by atoms with Crippen molar-refractivity contribution in [2.75, 3.05) is 0 Å². The summed E-state index contributed by atoms with van der Waals surface area (Å²) in [6.07, 6.45) is 0. The fourth-order valence-corrected chi connectivity index (χ4v) is 1.28. The number of hydrogen-bond donors (Lipinski definition) is 0. The molecule has 0 bridgehead atoms. The molecule has 1 rings (SSSR count). The molecule has 0 radical (unpaired) electrons. The van der Waals surface area contributed by atoms with Crippen LogP contribution in [0.4, 0.5) is 0 Å². The van der Waals surface area contributed by atoms with Crippen LogP contribution in [0.15, 0.2) is 24.3 Å². The Balaban J connectivity index is 0.000000583. The van der Waals surface area contributed by atoms with Gasteiger partial charge in [0.2, 0.25) is 0 Å². The van der Waals surface area contributed by atoms with Crippen molar-refractivity contribution >= 4 is 18.6 Å². The molecule has 0 aliphatic rings. The summed E-state index contributed by atoms with van der Waals surface area (Å²) >= 11 is -0.556. The van der Waals surface area contributed by atoms with Gasteiger partial charge in [-0.05, 0) is 23.0 Å². The van der Waals surface area contributed by atoms with Crippen LogP contribution in [-0.2, 0) is 17.0 Å². The van der Waals surface area contributed by atoms with Gasteiger partial charge in [-0.3, -0.25) is 0 Å². The Morgan fingerprint density at radius 3 is 1.53 bits per heavy atom. The fraction of sp³-hybridized carbons (Fsp3) is 0.500. The van der Waals surface area contributed by atoms with E-state index in [1.54, 1.807) is 0 Å². The van der Waals surface area contributed by atoms with Crippen molar-refractivity contribution in [3.63, 3.8) is 0 Å². The average molecular weight is 281 g/mol. The molecule has 84 valence electrons. The Bertz CT molecular complexity index is 249. The van der Waals surface area contributed by atoms with Gasteiger partial charge in [0.05, 0.1) is 0 Å². The van der Waals surface area contributed by atoms with Gasteiger partial charge in [-0.1, -0.05) is 52.0 Å². The van der Waals surface area contributed by atoms with Crippen LogP contribution in [0.5, 0.6) is 0 Å². The van der Waals surface area contributed by atoms with Crippen molar-refractivity contribution in [1.29, 1.82) is 0 Å². The van der Waals surface area contributed by atoms with Gasteiger partial charge in [-0.25, -0.2) is 0 Å². The molecule has 0 aliphatic carbocycles. The van der Waals surface area contributed by atoms with Gasteiger partial charge in [-0.15, -0.1) is 0 Å². The summed E-state index contributed by atoms with van der Waals surface area (Å²) in [4.78, 5) is 0. The van der Waals surface area contributed by atoms with Gasteiger partial charge < -0.3 is 0 Å². The first-order chi connectivity index (χ1) is 7.02. The predicted molar refractivity (Wildman–Crippen MR) is 66.3 cm³/mol. The van der Waals surface area contributed by atoms with Gasteiger partial charge >= 0.3 is 35.6 Å². The molecule has 0 nitrogen and oxygen atoms in total. The van der Waals surface area contributed by atoms with Crippen LogP contribution in [0.2, 0.25) is 0 Å². The second-order valence-corrected chi connectivity index (χ2v) is 6.63. The first-order valence-electron chi connectivity index (χ1n) is 5.09. The Morgan fingerprint density at radius 1 is 0.933 bits per heavy atom. The van der Waals surface area contributed by atoms with Gasteiger partial charge in [0.25, 0.3) is 0 Å². The van der Waals surface area contributed by atoms with E-state index >= 15 is 0 Å². The molecular weight excluding hydrogens is 263 g/mol. The summed E-state index contributed by atoms with van der Waals surface area (Å²) in [5.41, 5.74) is 2.89. The second-order valence-electron chi connectivity index (χ2n) is 4.05. The van der Waals surface area contributed by atoms with Crippen molar-refractivity contribution in [3.05, 3.63) is 35.4 Å². The van der Waals surface area contributed by atoms with E-state index in [2.05, 4.69) is 52.0 Å². The second kappa shape index (κ2) is 8.64. The van der Waals surface area contributed by atoms with E-state index in [0.29, 0.717) is 11.8 Å². The summed E-state index contributed by atoms with van der Waals surface area (Å²) in [7, 11) is 9.78. The van der Waals surface area contributed by atoms with Gasteiger partial charge in [0.1, 0.15) is 0 Å². The summed E-state index contributed by atoms with van der Waals surface area (Å²) < 4.78 is 0. The SMILES string of the molecule is CC(C)c1cccc(C(C)C)c1.[Cl][Ti][Cl]. The number of halogens is 2. The van der Waals surface area contributed by atoms with Gasteiger partial charge in [-0.2, -0.15) is 0 Å². The standard InChI is InChI=1S/C12H18.2ClH.Ti/c1-9(2)11-6-5-7-12(8-11)10(3)4;;;/h5-10H,1-4H3;2*1H;/q;;;+2/p-2. The molecular formula is C12H18Cl2Ti. The average Bonchev–Trinajstić information content (AvgIpc) is 2.19. The Morgan fingerprint density at radius 2 is 1.27 bits per heavy atom. The molecule has 1 aromatic carbocycles. The van der Waals surface area contributed by atoms with Crippen LogP contribution >= 0.6 is 18.6 Å². The summed E-state index contributed by atoms with van der Waals surface area (Å²) in [5.74, 6) is 1.28. The molecule has 1 aromatic rings. The Hall–Kier alpha value is 0.514. The van der Waals surface area contributed by atoms with E-state index < -0.39 is 17.0 Å².